The topological polar surface area (TPSA) is 49.4 Å². The van der Waals surface area contributed by atoms with Gasteiger partial charge in [-0.1, -0.05) is 11.6 Å². The van der Waals surface area contributed by atoms with Crippen LogP contribution in [0.5, 0.6) is 0 Å². The van der Waals surface area contributed by atoms with Gasteiger partial charge in [0.2, 0.25) is 11.8 Å². The Morgan fingerprint density at radius 1 is 1.39 bits per heavy atom. The van der Waals surface area contributed by atoms with Crippen LogP contribution in [-0.4, -0.2) is 24.4 Å². The van der Waals surface area contributed by atoms with E-state index in [0.717, 1.165) is 11.0 Å². The first kappa shape index (κ1) is 12.8. The van der Waals surface area contributed by atoms with Crippen LogP contribution in [0.4, 0.5) is 14.5 Å². The highest BCUT2D eigenvalue weighted by Gasteiger charge is 2.33. The number of anilines is 1. The van der Waals surface area contributed by atoms with Crippen molar-refractivity contribution in [2.24, 2.45) is 0 Å². The summed E-state index contributed by atoms with van der Waals surface area (Å²) in [5.74, 6) is -2.75. The van der Waals surface area contributed by atoms with E-state index in [0.29, 0.717) is 6.07 Å². The molecule has 1 aliphatic rings. The Morgan fingerprint density at radius 2 is 2.06 bits per heavy atom. The minimum absolute atomic E-state index is 0.247. The van der Waals surface area contributed by atoms with Gasteiger partial charge >= 0.3 is 0 Å². The van der Waals surface area contributed by atoms with Crippen molar-refractivity contribution in [2.75, 3.05) is 11.4 Å². The molecule has 1 atom stereocenters. The van der Waals surface area contributed by atoms with Crippen molar-refractivity contribution in [3.05, 3.63) is 28.8 Å². The number of carbonyl (C=O) groups excluding carboxylic acids is 2. The van der Waals surface area contributed by atoms with Gasteiger partial charge in [-0.3, -0.25) is 14.5 Å². The summed E-state index contributed by atoms with van der Waals surface area (Å²) in [5.41, 5.74) is -0.273. The molecule has 0 spiro atoms. The number of halogens is 3. The second kappa shape index (κ2) is 4.53. The van der Waals surface area contributed by atoms with E-state index >= 15 is 0 Å². The van der Waals surface area contributed by atoms with Crippen molar-refractivity contribution in [1.29, 1.82) is 0 Å². The van der Waals surface area contributed by atoms with Crippen LogP contribution >= 0.6 is 11.6 Å². The van der Waals surface area contributed by atoms with Crippen molar-refractivity contribution >= 4 is 29.1 Å². The van der Waals surface area contributed by atoms with Crippen LogP contribution < -0.4 is 10.2 Å². The van der Waals surface area contributed by atoms with Gasteiger partial charge in [-0.15, -0.1) is 0 Å². The van der Waals surface area contributed by atoms with Gasteiger partial charge in [-0.2, -0.15) is 0 Å². The molecule has 2 amide bonds. The summed E-state index contributed by atoms with van der Waals surface area (Å²) in [6.07, 6.45) is 0. The van der Waals surface area contributed by atoms with Gasteiger partial charge in [-0.05, 0) is 13.0 Å². The lowest BCUT2D eigenvalue weighted by Crippen LogP contribution is -2.57. The van der Waals surface area contributed by atoms with E-state index in [1.54, 1.807) is 0 Å². The molecule has 1 aromatic rings. The maximum Gasteiger partial charge on any atom is 0.249 e. The molecule has 0 radical (unpaired) electrons. The normalized spacial score (nSPS) is 20.0. The average molecular weight is 275 g/mol. The zero-order valence-corrected chi connectivity index (χ0v) is 10.1. The summed E-state index contributed by atoms with van der Waals surface area (Å²) < 4.78 is 26.6. The average Bonchev–Trinajstić information content (AvgIpc) is 2.23. The van der Waals surface area contributed by atoms with Crippen molar-refractivity contribution in [3.63, 3.8) is 0 Å². The van der Waals surface area contributed by atoms with Gasteiger partial charge in [0.15, 0.2) is 5.82 Å². The number of nitrogens with zero attached hydrogens (tertiary/aromatic N) is 1. The first-order valence-electron chi connectivity index (χ1n) is 5.15. The summed E-state index contributed by atoms with van der Waals surface area (Å²) >= 11 is 5.72. The Morgan fingerprint density at radius 3 is 2.67 bits per heavy atom. The predicted molar refractivity (Wildman–Crippen MR) is 61.3 cm³/mol. The first-order chi connectivity index (χ1) is 8.40. The summed E-state index contributed by atoms with van der Waals surface area (Å²) in [7, 11) is 0. The fourth-order valence-corrected chi connectivity index (χ4v) is 2.08. The third-order valence-corrected chi connectivity index (χ3v) is 2.86. The lowest BCUT2D eigenvalue weighted by Gasteiger charge is -2.31. The van der Waals surface area contributed by atoms with Gasteiger partial charge in [0.1, 0.15) is 18.4 Å². The molecule has 7 heteroatoms. The third kappa shape index (κ3) is 2.15. The van der Waals surface area contributed by atoms with E-state index in [2.05, 4.69) is 5.32 Å². The number of hydrogen-bond donors (Lipinski definition) is 1. The molecular weight excluding hydrogens is 266 g/mol. The minimum atomic E-state index is -0.977. The molecule has 1 fully saturated rings. The third-order valence-electron chi connectivity index (χ3n) is 2.57. The molecule has 1 unspecified atom stereocenters. The molecule has 18 heavy (non-hydrogen) atoms. The monoisotopic (exact) mass is 274 g/mol. The van der Waals surface area contributed by atoms with E-state index in [4.69, 9.17) is 11.6 Å². The van der Waals surface area contributed by atoms with Gasteiger partial charge in [0, 0.05) is 6.07 Å². The molecule has 2 rings (SSSR count). The van der Waals surface area contributed by atoms with Gasteiger partial charge in [0.25, 0.3) is 0 Å². The van der Waals surface area contributed by atoms with Crippen molar-refractivity contribution in [1.82, 2.24) is 5.32 Å². The van der Waals surface area contributed by atoms with Crippen LogP contribution in [0.15, 0.2) is 12.1 Å². The highest BCUT2D eigenvalue weighted by atomic mass is 35.5. The standard InChI is InChI=1S/C11H9ClF2N2O2/c1-5-11(18)16(4-9(17)15-5)10-7(12)2-6(13)3-8(10)14/h2-3,5H,4H2,1H3,(H,15,17). The number of nitrogens with one attached hydrogen (secondary N) is 1. The van der Waals surface area contributed by atoms with Crippen molar-refractivity contribution < 1.29 is 18.4 Å². The predicted octanol–water partition coefficient (Wildman–Crippen LogP) is 1.47. The highest BCUT2D eigenvalue weighted by Crippen LogP contribution is 2.31. The highest BCUT2D eigenvalue weighted by molar-refractivity contribution is 6.34. The van der Waals surface area contributed by atoms with Crippen molar-refractivity contribution in [3.8, 4) is 0 Å². The minimum Gasteiger partial charge on any atom is -0.343 e. The SMILES string of the molecule is CC1NC(=O)CN(c2c(F)cc(F)cc2Cl)C1=O. The maximum atomic E-state index is 13.7. The molecule has 0 aliphatic carbocycles. The van der Waals surface area contributed by atoms with E-state index in [1.165, 1.54) is 6.92 Å². The van der Waals surface area contributed by atoms with Crippen LogP contribution in [0.1, 0.15) is 6.92 Å². The maximum absolute atomic E-state index is 13.7. The summed E-state index contributed by atoms with van der Waals surface area (Å²) in [6, 6.07) is 0.739. The number of piperazine rings is 1. The smallest absolute Gasteiger partial charge is 0.249 e. The number of rotatable bonds is 1. The lowest BCUT2D eigenvalue weighted by molar-refractivity contribution is -0.130. The van der Waals surface area contributed by atoms with Crippen LogP contribution in [0.3, 0.4) is 0 Å². The molecular formula is C11H9ClF2N2O2. The fraction of sp³-hybridized carbons (Fsp3) is 0.273. The molecule has 0 aromatic heterocycles. The fourth-order valence-electron chi connectivity index (χ4n) is 1.79. The van der Waals surface area contributed by atoms with E-state index in [1.807, 2.05) is 0 Å². The molecule has 96 valence electrons. The Kier molecular flexibility index (Phi) is 3.21. The van der Waals surface area contributed by atoms with Crippen LogP contribution in [0, 0.1) is 11.6 Å². The van der Waals surface area contributed by atoms with E-state index < -0.39 is 29.5 Å². The molecule has 1 heterocycles. The molecule has 0 saturated carbocycles. The van der Waals surface area contributed by atoms with E-state index in [9.17, 15) is 18.4 Å². The molecule has 1 aliphatic heterocycles. The summed E-state index contributed by atoms with van der Waals surface area (Å²) in [5, 5.41) is 2.16. The zero-order chi connectivity index (χ0) is 13.4. The molecule has 1 N–H and O–H groups in total. The van der Waals surface area contributed by atoms with Crippen LogP contribution in [0.25, 0.3) is 0 Å². The quantitative estimate of drug-likeness (QED) is 0.843. The summed E-state index contributed by atoms with van der Waals surface area (Å²) in [6.45, 7) is 1.13. The molecule has 1 aromatic carbocycles. The summed E-state index contributed by atoms with van der Waals surface area (Å²) in [4.78, 5) is 24.1. The zero-order valence-electron chi connectivity index (χ0n) is 9.34. The molecule has 4 nitrogen and oxygen atoms in total. The Balaban J connectivity index is 2.48. The van der Waals surface area contributed by atoms with Gasteiger partial charge in [-0.25, -0.2) is 8.78 Å². The molecule has 0 bridgehead atoms. The van der Waals surface area contributed by atoms with E-state index in [-0.39, 0.29) is 17.3 Å². The number of carbonyl (C=O) groups is 2. The van der Waals surface area contributed by atoms with Crippen LogP contribution in [0.2, 0.25) is 5.02 Å². The number of amides is 2. The first-order valence-corrected chi connectivity index (χ1v) is 5.53. The lowest BCUT2D eigenvalue weighted by atomic mass is 10.1. The molecule has 1 saturated heterocycles. The second-order valence-corrected chi connectivity index (χ2v) is 4.34. The Hall–Kier alpha value is -1.69. The van der Waals surface area contributed by atoms with Crippen molar-refractivity contribution in [2.45, 2.75) is 13.0 Å². The Bertz CT molecular complexity index is 513. The largest absolute Gasteiger partial charge is 0.343 e. The van der Waals surface area contributed by atoms with Gasteiger partial charge in [0.05, 0.1) is 10.7 Å². The second-order valence-electron chi connectivity index (χ2n) is 3.93. The number of benzene rings is 1. The van der Waals surface area contributed by atoms with Gasteiger partial charge < -0.3 is 5.32 Å². The van der Waals surface area contributed by atoms with Crippen LogP contribution in [-0.2, 0) is 9.59 Å². The Labute approximate surface area is 107 Å². The number of hydrogen-bond acceptors (Lipinski definition) is 2.